The van der Waals surface area contributed by atoms with Crippen molar-refractivity contribution in [3.8, 4) is 5.75 Å². The summed E-state index contributed by atoms with van der Waals surface area (Å²) in [4.78, 5) is 0. The van der Waals surface area contributed by atoms with Gasteiger partial charge in [0.2, 0.25) is 0 Å². The Hall–Kier alpha value is 0.516. The molecule has 1 rings (SSSR count). The zero-order valence-electron chi connectivity index (χ0n) is 7.80. The van der Waals surface area contributed by atoms with E-state index >= 15 is 0 Å². The van der Waals surface area contributed by atoms with Crippen molar-refractivity contribution in [3.05, 3.63) is 27.8 Å². The maximum Gasteiger partial charge on any atom is 2.00 e. The van der Waals surface area contributed by atoms with E-state index in [2.05, 4.69) is 22.6 Å². The third-order valence-electron chi connectivity index (χ3n) is 1.06. The Morgan fingerprint density at radius 3 is 2.40 bits per heavy atom. The van der Waals surface area contributed by atoms with E-state index in [9.17, 15) is 0 Å². The maximum absolute atomic E-state index is 5.04. The molecule has 0 aliphatic rings. The standard InChI is InChI=1S/C7H7IO.Mg.2H/c1-9-7-5-3-2-4-6(7)8;;;/h2-5H,1H3;;;/q;+2;2*-1. The van der Waals surface area contributed by atoms with E-state index in [0.717, 1.165) is 9.32 Å². The van der Waals surface area contributed by atoms with Crippen LogP contribution >= 0.6 is 22.6 Å². The van der Waals surface area contributed by atoms with Crippen molar-refractivity contribution in [3.63, 3.8) is 0 Å². The van der Waals surface area contributed by atoms with E-state index in [1.54, 1.807) is 7.11 Å². The Labute approximate surface area is 93.4 Å². The predicted octanol–water partition coefficient (Wildman–Crippen LogP) is 2.14. The number of methoxy groups -OCH3 is 1. The van der Waals surface area contributed by atoms with Gasteiger partial charge in [-0.2, -0.15) is 0 Å². The maximum atomic E-state index is 5.04. The molecule has 0 saturated carbocycles. The second-order valence-corrected chi connectivity index (χ2v) is 2.80. The molecule has 0 aliphatic carbocycles. The van der Waals surface area contributed by atoms with Gasteiger partial charge in [0.05, 0.1) is 10.7 Å². The van der Waals surface area contributed by atoms with Gasteiger partial charge in [-0.25, -0.2) is 0 Å². The smallest absolute Gasteiger partial charge is 1.00 e. The second-order valence-electron chi connectivity index (χ2n) is 1.63. The van der Waals surface area contributed by atoms with Crippen LogP contribution in [0.25, 0.3) is 0 Å². The number of hydrogen-bond acceptors (Lipinski definition) is 1. The summed E-state index contributed by atoms with van der Waals surface area (Å²) < 4.78 is 6.19. The van der Waals surface area contributed by atoms with Crippen LogP contribution in [0, 0.1) is 3.57 Å². The first-order valence-electron chi connectivity index (χ1n) is 2.63. The van der Waals surface area contributed by atoms with Crippen LogP contribution in [-0.4, -0.2) is 30.2 Å². The van der Waals surface area contributed by atoms with Gasteiger partial charge in [-0.15, -0.1) is 0 Å². The monoisotopic (exact) mass is 260 g/mol. The van der Waals surface area contributed by atoms with E-state index in [1.807, 2.05) is 24.3 Å². The molecule has 10 heavy (non-hydrogen) atoms. The molecule has 1 aromatic carbocycles. The third-order valence-corrected chi connectivity index (χ3v) is 1.95. The van der Waals surface area contributed by atoms with E-state index < -0.39 is 0 Å². The zero-order chi connectivity index (χ0) is 6.69. The van der Waals surface area contributed by atoms with Crippen LogP contribution in [0.15, 0.2) is 24.3 Å². The molecule has 1 aromatic rings. The van der Waals surface area contributed by atoms with Gasteiger partial charge < -0.3 is 7.59 Å². The summed E-state index contributed by atoms with van der Waals surface area (Å²) in [5.41, 5.74) is 0. The zero-order valence-corrected chi connectivity index (χ0v) is 9.37. The van der Waals surface area contributed by atoms with Crippen LogP contribution in [0.2, 0.25) is 0 Å². The molecule has 0 N–H and O–H groups in total. The van der Waals surface area contributed by atoms with Crippen LogP contribution in [0.3, 0.4) is 0 Å². The minimum atomic E-state index is 0. The number of benzene rings is 1. The summed E-state index contributed by atoms with van der Waals surface area (Å²) in [6, 6.07) is 7.91. The van der Waals surface area contributed by atoms with Gasteiger partial charge in [0.15, 0.2) is 0 Å². The first-order chi connectivity index (χ1) is 4.34. The fourth-order valence-electron chi connectivity index (χ4n) is 0.610. The summed E-state index contributed by atoms with van der Waals surface area (Å²) in [5, 5.41) is 0. The first kappa shape index (κ1) is 10.5. The Bertz CT molecular complexity index is 210. The Morgan fingerprint density at radius 2 is 2.00 bits per heavy atom. The van der Waals surface area contributed by atoms with Gasteiger partial charge in [-0.1, -0.05) is 12.1 Å². The van der Waals surface area contributed by atoms with Gasteiger partial charge in [-0.05, 0) is 34.7 Å². The average molecular weight is 260 g/mol. The molecule has 0 spiro atoms. The van der Waals surface area contributed by atoms with E-state index in [1.165, 1.54) is 0 Å². The average Bonchev–Trinajstić information content (AvgIpc) is 1.89. The molecule has 0 fully saturated rings. The summed E-state index contributed by atoms with van der Waals surface area (Å²) >= 11 is 2.24. The van der Waals surface area contributed by atoms with Crippen molar-refractivity contribution in [2.75, 3.05) is 7.11 Å². The van der Waals surface area contributed by atoms with Crippen LogP contribution in [0.1, 0.15) is 2.85 Å². The van der Waals surface area contributed by atoms with Crippen LogP contribution in [-0.2, 0) is 0 Å². The van der Waals surface area contributed by atoms with Crippen molar-refractivity contribution >= 4 is 45.6 Å². The molecule has 0 amide bonds. The van der Waals surface area contributed by atoms with Gasteiger partial charge >= 0.3 is 23.1 Å². The number of para-hydroxylation sites is 1. The fourth-order valence-corrected chi connectivity index (χ4v) is 1.22. The van der Waals surface area contributed by atoms with Crippen molar-refractivity contribution in [1.29, 1.82) is 0 Å². The van der Waals surface area contributed by atoms with E-state index in [0.29, 0.717) is 0 Å². The summed E-state index contributed by atoms with van der Waals surface area (Å²) in [6.45, 7) is 0. The number of halogens is 1. The summed E-state index contributed by atoms with van der Waals surface area (Å²) in [5.74, 6) is 0.943. The minimum Gasteiger partial charge on any atom is -1.00 e. The number of hydrogen-bond donors (Lipinski definition) is 0. The topological polar surface area (TPSA) is 9.23 Å². The molecule has 0 saturated heterocycles. The van der Waals surface area contributed by atoms with Crippen LogP contribution in [0.5, 0.6) is 5.75 Å². The fraction of sp³-hybridized carbons (Fsp3) is 0.143. The largest absolute Gasteiger partial charge is 2.00 e. The predicted molar refractivity (Wildman–Crippen MR) is 53.7 cm³/mol. The molecule has 0 radical (unpaired) electrons. The molecule has 52 valence electrons. The molecular formula is C7H9IMgO. The van der Waals surface area contributed by atoms with Gasteiger partial charge in [0.1, 0.15) is 5.75 Å². The normalized spacial score (nSPS) is 8.20. The van der Waals surface area contributed by atoms with Gasteiger partial charge in [0, 0.05) is 0 Å². The molecular weight excluding hydrogens is 251 g/mol. The first-order valence-corrected chi connectivity index (χ1v) is 3.71. The third kappa shape index (κ3) is 2.63. The second kappa shape index (κ2) is 5.20. The molecule has 0 heterocycles. The van der Waals surface area contributed by atoms with Crippen molar-refractivity contribution in [1.82, 2.24) is 0 Å². The molecule has 0 bridgehead atoms. The minimum absolute atomic E-state index is 0. The van der Waals surface area contributed by atoms with Crippen molar-refractivity contribution in [2.24, 2.45) is 0 Å². The molecule has 0 aromatic heterocycles. The molecule has 3 heteroatoms. The summed E-state index contributed by atoms with van der Waals surface area (Å²) in [6.07, 6.45) is 0. The molecule has 0 aliphatic heterocycles. The molecule has 0 atom stereocenters. The van der Waals surface area contributed by atoms with E-state index in [4.69, 9.17) is 4.74 Å². The summed E-state index contributed by atoms with van der Waals surface area (Å²) in [7, 11) is 1.68. The number of ether oxygens (including phenoxy) is 1. The van der Waals surface area contributed by atoms with Crippen LogP contribution in [0.4, 0.5) is 0 Å². The Kier molecular flexibility index (Phi) is 5.47. The molecule has 0 unspecified atom stereocenters. The Morgan fingerprint density at radius 1 is 1.40 bits per heavy atom. The number of rotatable bonds is 1. The van der Waals surface area contributed by atoms with Gasteiger partial charge in [0.25, 0.3) is 0 Å². The molecule has 1 nitrogen and oxygen atoms in total. The quantitative estimate of drug-likeness (QED) is 0.555. The SMILES string of the molecule is COc1ccccc1I.[H-].[H-].[Mg+2]. The van der Waals surface area contributed by atoms with Crippen molar-refractivity contribution < 1.29 is 7.59 Å². The Balaban J connectivity index is -0.000000270. The van der Waals surface area contributed by atoms with Crippen LogP contribution < -0.4 is 4.74 Å². The van der Waals surface area contributed by atoms with E-state index in [-0.39, 0.29) is 25.9 Å². The van der Waals surface area contributed by atoms with Gasteiger partial charge in [-0.3, -0.25) is 0 Å². The van der Waals surface area contributed by atoms with Crippen molar-refractivity contribution in [2.45, 2.75) is 0 Å².